The van der Waals surface area contributed by atoms with E-state index in [1.807, 2.05) is 24.3 Å². The molecule has 3 amide bonds. The Balaban J connectivity index is 1.54. The van der Waals surface area contributed by atoms with Crippen molar-refractivity contribution in [1.29, 1.82) is 0 Å². The van der Waals surface area contributed by atoms with Gasteiger partial charge in [0.25, 0.3) is 0 Å². The molecule has 6 nitrogen and oxygen atoms in total. The van der Waals surface area contributed by atoms with E-state index in [0.29, 0.717) is 17.8 Å². The number of ketones is 1. The van der Waals surface area contributed by atoms with Gasteiger partial charge in [-0.25, -0.2) is 0 Å². The van der Waals surface area contributed by atoms with Crippen LogP contribution < -0.4 is 10.2 Å². The minimum absolute atomic E-state index is 0.0500. The van der Waals surface area contributed by atoms with Gasteiger partial charge >= 0.3 is 0 Å². The quantitative estimate of drug-likeness (QED) is 0.819. The number of amides is 3. The first-order valence-corrected chi connectivity index (χ1v) is 9.34. The van der Waals surface area contributed by atoms with E-state index in [2.05, 4.69) is 5.32 Å². The summed E-state index contributed by atoms with van der Waals surface area (Å²) in [7, 11) is 0. The van der Waals surface area contributed by atoms with Gasteiger partial charge in [-0.2, -0.15) is 0 Å². The molecule has 6 rings (SSSR count). The Labute approximate surface area is 161 Å². The van der Waals surface area contributed by atoms with Crippen molar-refractivity contribution in [2.24, 2.45) is 11.8 Å². The minimum atomic E-state index is -0.622. The summed E-state index contributed by atoms with van der Waals surface area (Å²) in [5, 5.41) is 2.66. The molecule has 2 aromatic carbocycles. The van der Waals surface area contributed by atoms with Crippen LogP contribution >= 0.6 is 0 Å². The summed E-state index contributed by atoms with van der Waals surface area (Å²) < 4.78 is 0. The van der Waals surface area contributed by atoms with Crippen molar-refractivity contribution in [2.45, 2.75) is 25.2 Å². The summed E-state index contributed by atoms with van der Waals surface area (Å²) >= 11 is 0. The Kier molecular flexibility index (Phi) is 3.53. The number of fused-ring (bicyclic) bond motifs is 1. The molecular weight excluding hydrogens is 356 g/mol. The Hall–Kier alpha value is -3.28. The van der Waals surface area contributed by atoms with Crippen molar-refractivity contribution in [3.63, 3.8) is 0 Å². The second kappa shape index (κ2) is 5.86. The smallest absolute Gasteiger partial charge is 0.238 e. The zero-order valence-electron chi connectivity index (χ0n) is 15.2. The molecule has 1 aliphatic heterocycles. The molecule has 1 N–H and O–H groups in total. The number of rotatable bonds is 2. The number of hydrogen-bond donors (Lipinski definition) is 1. The Morgan fingerprint density at radius 3 is 2.25 bits per heavy atom. The second-order valence-corrected chi connectivity index (χ2v) is 7.68. The lowest BCUT2D eigenvalue weighted by molar-refractivity contribution is -0.134. The molecule has 4 aliphatic rings. The molecule has 0 radical (unpaired) electrons. The second-order valence-electron chi connectivity index (χ2n) is 7.68. The van der Waals surface area contributed by atoms with Crippen molar-refractivity contribution < 1.29 is 19.2 Å². The van der Waals surface area contributed by atoms with E-state index < -0.39 is 17.8 Å². The summed E-state index contributed by atoms with van der Waals surface area (Å²) in [4.78, 5) is 51.6. The van der Waals surface area contributed by atoms with E-state index in [0.717, 1.165) is 11.1 Å². The van der Waals surface area contributed by atoms with Crippen molar-refractivity contribution in [1.82, 2.24) is 0 Å². The predicted octanol–water partition coefficient (Wildman–Crippen LogP) is 2.60. The van der Waals surface area contributed by atoms with E-state index in [9.17, 15) is 19.2 Å². The van der Waals surface area contributed by atoms with Gasteiger partial charge in [-0.05, 0) is 35.4 Å². The molecule has 1 saturated carbocycles. The largest absolute Gasteiger partial charge is 0.326 e. The van der Waals surface area contributed by atoms with E-state index in [4.69, 9.17) is 0 Å². The summed E-state index contributed by atoms with van der Waals surface area (Å²) in [6.07, 6.45) is 0.317. The highest BCUT2D eigenvalue weighted by Crippen LogP contribution is 2.57. The number of Topliss-reactive ketones (excluding diaryl/α,β-unsaturated/α-hetero) is 1. The standard InChI is InChI=1S/C22H18N2O4/c1-11(25)23-12-6-8-13(9-7-12)24-21(27)19-16-10-17(26)18(20(19)22(24)28)15-5-3-2-4-14(15)16/h2-9,16,18-20H,10H2,1H3,(H,23,25)/t16-,18-,19+,20+/m0/s1. The van der Waals surface area contributed by atoms with Crippen LogP contribution in [0.1, 0.15) is 36.3 Å². The van der Waals surface area contributed by atoms with Crippen molar-refractivity contribution in [3.8, 4) is 0 Å². The van der Waals surface area contributed by atoms with Gasteiger partial charge in [0.15, 0.2) is 0 Å². The van der Waals surface area contributed by atoms with Gasteiger partial charge < -0.3 is 5.32 Å². The Morgan fingerprint density at radius 1 is 0.929 bits per heavy atom. The van der Waals surface area contributed by atoms with Crippen molar-refractivity contribution >= 4 is 34.9 Å². The third-order valence-corrected chi connectivity index (χ3v) is 6.13. The molecule has 6 heteroatoms. The van der Waals surface area contributed by atoms with Gasteiger partial charge in [-0.3, -0.25) is 24.1 Å². The fraction of sp³-hybridized carbons (Fsp3) is 0.273. The molecule has 0 spiro atoms. The predicted molar refractivity (Wildman–Crippen MR) is 102 cm³/mol. The fourth-order valence-corrected chi connectivity index (χ4v) is 5.11. The van der Waals surface area contributed by atoms with E-state index in [1.54, 1.807) is 24.3 Å². The number of anilines is 2. The topological polar surface area (TPSA) is 83.6 Å². The summed E-state index contributed by atoms with van der Waals surface area (Å²) in [6.45, 7) is 1.41. The van der Waals surface area contributed by atoms with Gasteiger partial charge in [0.1, 0.15) is 5.78 Å². The average molecular weight is 374 g/mol. The number of benzene rings is 2. The molecular formula is C22H18N2O4. The first-order chi connectivity index (χ1) is 13.5. The van der Waals surface area contributed by atoms with Crippen LogP contribution in [0.25, 0.3) is 0 Å². The number of nitrogens with zero attached hydrogens (tertiary/aromatic N) is 1. The van der Waals surface area contributed by atoms with Gasteiger partial charge in [-0.15, -0.1) is 0 Å². The van der Waals surface area contributed by atoms with Crippen LogP contribution in [-0.2, 0) is 19.2 Å². The van der Waals surface area contributed by atoms with Crippen LogP contribution in [0.2, 0.25) is 0 Å². The lowest BCUT2D eigenvalue weighted by Gasteiger charge is -2.43. The molecule has 1 heterocycles. The van der Waals surface area contributed by atoms with Crippen LogP contribution in [0.15, 0.2) is 48.5 Å². The van der Waals surface area contributed by atoms with Crippen molar-refractivity contribution in [2.75, 3.05) is 10.2 Å². The molecule has 2 fully saturated rings. The zero-order valence-corrected chi connectivity index (χ0v) is 15.2. The number of hydrogen-bond acceptors (Lipinski definition) is 4. The van der Waals surface area contributed by atoms with E-state index >= 15 is 0 Å². The SMILES string of the molecule is CC(=O)Nc1ccc(N2C(=O)[C@H]3[C@H](C2=O)[C@H]2CC(=O)[C@@H]3c3ccccc32)cc1. The average Bonchev–Trinajstić information content (AvgIpc) is 2.94. The number of carbonyl (C=O) groups excluding carboxylic acids is 4. The summed E-state index contributed by atoms with van der Waals surface area (Å²) in [6, 6.07) is 14.3. The Bertz CT molecular complexity index is 1040. The number of carbonyl (C=O) groups is 4. The van der Waals surface area contributed by atoms with Crippen LogP contribution in [0.4, 0.5) is 11.4 Å². The zero-order chi connectivity index (χ0) is 19.6. The molecule has 28 heavy (non-hydrogen) atoms. The van der Waals surface area contributed by atoms with Crippen LogP contribution in [0, 0.1) is 11.8 Å². The summed E-state index contributed by atoms with van der Waals surface area (Å²) in [5.74, 6) is -2.57. The number of imide groups is 1. The van der Waals surface area contributed by atoms with Crippen LogP contribution in [0.3, 0.4) is 0 Å². The molecule has 0 aromatic heterocycles. The lowest BCUT2D eigenvalue weighted by atomic mass is 9.56. The highest BCUT2D eigenvalue weighted by Gasteiger charge is 2.62. The highest BCUT2D eigenvalue weighted by atomic mass is 16.2. The molecule has 1 saturated heterocycles. The van der Waals surface area contributed by atoms with Crippen LogP contribution in [0.5, 0.6) is 0 Å². The number of nitrogens with one attached hydrogen (secondary N) is 1. The maximum atomic E-state index is 13.2. The molecule has 3 aliphatic carbocycles. The molecule has 140 valence electrons. The van der Waals surface area contributed by atoms with E-state index in [-0.39, 0.29) is 29.4 Å². The minimum Gasteiger partial charge on any atom is -0.326 e. The van der Waals surface area contributed by atoms with E-state index in [1.165, 1.54) is 11.8 Å². The third-order valence-electron chi connectivity index (χ3n) is 6.13. The molecule has 2 bridgehead atoms. The summed E-state index contributed by atoms with van der Waals surface area (Å²) in [5.41, 5.74) is 2.98. The van der Waals surface area contributed by atoms with Gasteiger partial charge in [0.05, 0.1) is 23.4 Å². The lowest BCUT2D eigenvalue weighted by Crippen LogP contribution is -2.44. The normalized spacial score (nSPS) is 27.6. The Morgan fingerprint density at radius 2 is 1.57 bits per heavy atom. The molecule has 0 unspecified atom stereocenters. The maximum absolute atomic E-state index is 13.2. The highest BCUT2D eigenvalue weighted by molar-refractivity contribution is 6.24. The van der Waals surface area contributed by atoms with Crippen LogP contribution in [-0.4, -0.2) is 23.5 Å². The van der Waals surface area contributed by atoms with Gasteiger partial charge in [0.2, 0.25) is 17.7 Å². The first kappa shape index (κ1) is 16.9. The fourth-order valence-electron chi connectivity index (χ4n) is 5.11. The first-order valence-electron chi connectivity index (χ1n) is 9.34. The van der Waals surface area contributed by atoms with Gasteiger partial charge in [-0.1, -0.05) is 24.3 Å². The molecule has 4 atom stereocenters. The monoisotopic (exact) mass is 374 g/mol. The van der Waals surface area contributed by atoms with Gasteiger partial charge in [0, 0.05) is 24.9 Å². The van der Waals surface area contributed by atoms with Crippen molar-refractivity contribution in [3.05, 3.63) is 59.7 Å². The third kappa shape index (κ3) is 2.21. The molecule has 2 aromatic rings. The maximum Gasteiger partial charge on any atom is 0.238 e.